The Morgan fingerprint density at radius 1 is 1.41 bits per heavy atom. The molecule has 2 N–H and O–H groups in total. The molecule has 1 aliphatic rings. The molecule has 92 valence electrons. The van der Waals surface area contributed by atoms with E-state index in [0.29, 0.717) is 12.6 Å². The van der Waals surface area contributed by atoms with Gasteiger partial charge in [-0.1, -0.05) is 18.6 Å². The highest BCUT2D eigenvalue weighted by atomic mass is 19.1. The maximum Gasteiger partial charge on any atom is 0.254 e. The predicted molar refractivity (Wildman–Crippen MR) is 64.4 cm³/mol. The second-order valence-corrected chi connectivity index (χ2v) is 4.34. The number of carbonyl (C=O) groups is 1. The van der Waals surface area contributed by atoms with Crippen molar-refractivity contribution >= 4 is 5.91 Å². The molecule has 1 unspecified atom stereocenters. The Labute approximate surface area is 100 Å². The first-order chi connectivity index (χ1) is 8.27. The molecule has 0 saturated carbocycles. The topological polar surface area (TPSA) is 41.1 Å². The lowest BCUT2D eigenvalue weighted by Crippen LogP contribution is -2.43. The van der Waals surface area contributed by atoms with E-state index < -0.39 is 5.82 Å². The van der Waals surface area contributed by atoms with Crippen LogP contribution in [0.2, 0.25) is 0 Å². The number of hydrogen-bond donors (Lipinski definition) is 2. The van der Waals surface area contributed by atoms with Crippen molar-refractivity contribution in [3.05, 3.63) is 35.6 Å². The van der Waals surface area contributed by atoms with Gasteiger partial charge in [-0.25, -0.2) is 4.39 Å². The van der Waals surface area contributed by atoms with Crippen molar-refractivity contribution in [2.45, 2.75) is 25.3 Å². The van der Waals surface area contributed by atoms with E-state index in [1.165, 1.54) is 25.0 Å². The van der Waals surface area contributed by atoms with Crippen LogP contribution in [0, 0.1) is 5.82 Å². The molecule has 1 aromatic carbocycles. The van der Waals surface area contributed by atoms with Crippen LogP contribution in [0.1, 0.15) is 29.6 Å². The molecule has 1 amide bonds. The molecular weight excluding hydrogens is 219 g/mol. The molecule has 0 radical (unpaired) electrons. The third-order valence-corrected chi connectivity index (χ3v) is 3.04. The Hall–Kier alpha value is -1.42. The van der Waals surface area contributed by atoms with Crippen LogP contribution in [-0.2, 0) is 0 Å². The normalized spacial score (nSPS) is 19.9. The van der Waals surface area contributed by atoms with Gasteiger partial charge >= 0.3 is 0 Å². The van der Waals surface area contributed by atoms with Gasteiger partial charge in [0.2, 0.25) is 0 Å². The van der Waals surface area contributed by atoms with Crippen LogP contribution in [0.3, 0.4) is 0 Å². The zero-order chi connectivity index (χ0) is 12.1. The highest BCUT2D eigenvalue weighted by molar-refractivity contribution is 5.94. The summed E-state index contributed by atoms with van der Waals surface area (Å²) < 4.78 is 13.3. The first-order valence-corrected chi connectivity index (χ1v) is 6.03. The molecule has 0 aromatic heterocycles. The van der Waals surface area contributed by atoms with Crippen molar-refractivity contribution < 1.29 is 9.18 Å². The van der Waals surface area contributed by atoms with Gasteiger partial charge in [0.25, 0.3) is 5.91 Å². The van der Waals surface area contributed by atoms with Crippen molar-refractivity contribution in [2.75, 3.05) is 13.1 Å². The number of piperidine rings is 1. The third-order valence-electron chi connectivity index (χ3n) is 3.04. The van der Waals surface area contributed by atoms with E-state index in [9.17, 15) is 9.18 Å². The molecule has 1 heterocycles. The molecule has 17 heavy (non-hydrogen) atoms. The standard InChI is InChI=1S/C13H17FN2O/c14-12-7-2-1-6-11(12)13(17)16-9-10-5-3-4-8-15-10/h1-2,6-7,10,15H,3-5,8-9H2,(H,16,17). The number of benzene rings is 1. The zero-order valence-electron chi connectivity index (χ0n) is 9.71. The second-order valence-electron chi connectivity index (χ2n) is 4.34. The summed E-state index contributed by atoms with van der Waals surface area (Å²) in [6, 6.07) is 6.36. The molecule has 2 rings (SSSR count). The Morgan fingerprint density at radius 3 is 2.94 bits per heavy atom. The van der Waals surface area contributed by atoms with E-state index in [-0.39, 0.29) is 11.5 Å². The van der Waals surface area contributed by atoms with Gasteiger partial charge in [0.05, 0.1) is 5.56 Å². The molecule has 0 bridgehead atoms. The summed E-state index contributed by atoms with van der Waals surface area (Å²) in [6.07, 6.45) is 3.45. The van der Waals surface area contributed by atoms with Gasteiger partial charge in [0.1, 0.15) is 5.82 Å². The van der Waals surface area contributed by atoms with Crippen LogP contribution < -0.4 is 10.6 Å². The smallest absolute Gasteiger partial charge is 0.254 e. The van der Waals surface area contributed by atoms with Gasteiger partial charge in [0, 0.05) is 12.6 Å². The summed E-state index contributed by atoms with van der Waals surface area (Å²) in [7, 11) is 0. The minimum absolute atomic E-state index is 0.114. The molecule has 0 spiro atoms. The van der Waals surface area contributed by atoms with Gasteiger partial charge in [-0.15, -0.1) is 0 Å². The molecule has 1 aromatic rings. The Kier molecular flexibility index (Phi) is 4.09. The SMILES string of the molecule is O=C(NCC1CCCCN1)c1ccccc1F. The lowest BCUT2D eigenvalue weighted by Gasteiger charge is -2.23. The monoisotopic (exact) mass is 236 g/mol. The first kappa shape index (κ1) is 12.0. The van der Waals surface area contributed by atoms with Crippen molar-refractivity contribution in [1.29, 1.82) is 0 Å². The fraction of sp³-hybridized carbons (Fsp3) is 0.462. The summed E-state index contributed by atoms with van der Waals surface area (Å²) in [6.45, 7) is 1.56. The minimum Gasteiger partial charge on any atom is -0.350 e. The average Bonchev–Trinajstić information content (AvgIpc) is 2.38. The largest absolute Gasteiger partial charge is 0.350 e. The van der Waals surface area contributed by atoms with Crippen molar-refractivity contribution in [3.8, 4) is 0 Å². The quantitative estimate of drug-likeness (QED) is 0.838. The van der Waals surface area contributed by atoms with Crippen LogP contribution in [0.15, 0.2) is 24.3 Å². The van der Waals surface area contributed by atoms with Crippen LogP contribution >= 0.6 is 0 Å². The van der Waals surface area contributed by atoms with E-state index in [1.807, 2.05) is 0 Å². The highest BCUT2D eigenvalue weighted by Gasteiger charge is 2.15. The maximum atomic E-state index is 13.3. The number of amides is 1. The van der Waals surface area contributed by atoms with Crippen LogP contribution in [0.4, 0.5) is 4.39 Å². The lowest BCUT2D eigenvalue weighted by atomic mass is 10.1. The van der Waals surface area contributed by atoms with E-state index >= 15 is 0 Å². The van der Waals surface area contributed by atoms with Gasteiger partial charge in [-0.3, -0.25) is 4.79 Å². The summed E-state index contributed by atoms with van der Waals surface area (Å²) in [5, 5.41) is 6.10. The van der Waals surface area contributed by atoms with Crippen molar-refractivity contribution in [2.24, 2.45) is 0 Å². The molecule has 1 fully saturated rings. The summed E-state index contributed by atoms with van der Waals surface area (Å²) in [5.41, 5.74) is 0.114. The lowest BCUT2D eigenvalue weighted by molar-refractivity contribution is 0.0943. The van der Waals surface area contributed by atoms with Crippen LogP contribution in [-0.4, -0.2) is 25.0 Å². The number of nitrogens with one attached hydrogen (secondary N) is 2. The van der Waals surface area contributed by atoms with Gasteiger partial charge in [-0.05, 0) is 31.5 Å². The average molecular weight is 236 g/mol. The van der Waals surface area contributed by atoms with E-state index in [4.69, 9.17) is 0 Å². The molecule has 0 aliphatic carbocycles. The second kappa shape index (κ2) is 5.77. The van der Waals surface area contributed by atoms with E-state index in [2.05, 4.69) is 10.6 Å². The fourth-order valence-corrected chi connectivity index (χ4v) is 2.05. The van der Waals surface area contributed by atoms with Crippen LogP contribution in [0.25, 0.3) is 0 Å². The van der Waals surface area contributed by atoms with Gasteiger partial charge < -0.3 is 10.6 Å². The van der Waals surface area contributed by atoms with Crippen molar-refractivity contribution in [3.63, 3.8) is 0 Å². The van der Waals surface area contributed by atoms with Crippen LogP contribution in [0.5, 0.6) is 0 Å². The minimum atomic E-state index is -0.471. The molecule has 1 aliphatic heterocycles. The Bertz CT molecular complexity index is 389. The Balaban J connectivity index is 1.87. The molecule has 1 saturated heterocycles. The van der Waals surface area contributed by atoms with Gasteiger partial charge in [0.15, 0.2) is 0 Å². The number of hydrogen-bond acceptors (Lipinski definition) is 2. The summed E-state index contributed by atoms with van der Waals surface area (Å²) in [5.74, 6) is -0.808. The van der Waals surface area contributed by atoms with Crippen molar-refractivity contribution in [1.82, 2.24) is 10.6 Å². The fourth-order valence-electron chi connectivity index (χ4n) is 2.05. The van der Waals surface area contributed by atoms with E-state index in [0.717, 1.165) is 13.0 Å². The molecular formula is C13H17FN2O. The highest BCUT2D eigenvalue weighted by Crippen LogP contribution is 2.08. The zero-order valence-corrected chi connectivity index (χ0v) is 9.71. The maximum absolute atomic E-state index is 13.3. The number of carbonyl (C=O) groups excluding carboxylic acids is 1. The molecule has 1 atom stereocenters. The number of rotatable bonds is 3. The Morgan fingerprint density at radius 2 is 2.24 bits per heavy atom. The van der Waals surface area contributed by atoms with Gasteiger partial charge in [-0.2, -0.15) is 0 Å². The number of halogens is 1. The summed E-state index contributed by atoms with van der Waals surface area (Å²) in [4.78, 5) is 11.7. The summed E-state index contributed by atoms with van der Waals surface area (Å²) >= 11 is 0. The first-order valence-electron chi connectivity index (χ1n) is 6.03. The predicted octanol–water partition coefficient (Wildman–Crippen LogP) is 1.70. The molecule has 4 heteroatoms. The molecule has 3 nitrogen and oxygen atoms in total. The third kappa shape index (κ3) is 3.27. The van der Waals surface area contributed by atoms with E-state index in [1.54, 1.807) is 12.1 Å².